The minimum atomic E-state index is 0.0192. The van der Waals surface area contributed by atoms with Crippen molar-refractivity contribution < 1.29 is 9.47 Å². The molecule has 3 atom stereocenters. The van der Waals surface area contributed by atoms with Gasteiger partial charge in [-0.15, -0.1) is 0 Å². The standard InChI is InChI=1S/C11H21NO2/c1-11(6-7-12)5-4-10(14-11)9-3-2-8-13-9/h9-10H,2-8,12H2,1H3. The molecule has 0 aromatic rings. The highest BCUT2D eigenvalue weighted by atomic mass is 16.6. The summed E-state index contributed by atoms with van der Waals surface area (Å²) in [5.74, 6) is 0. The van der Waals surface area contributed by atoms with E-state index in [9.17, 15) is 0 Å². The first-order chi connectivity index (χ1) is 6.73. The van der Waals surface area contributed by atoms with Gasteiger partial charge in [0.2, 0.25) is 0 Å². The molecule has 0 bridgehead atoms. The lowest BCUT2D eigenvalue weighted by atomic mass is 9.97. The summed E-state index contributed by atoms with van der Waals surface area (Å²) in [7, 11) is 0. The molecule has 0 aliphatic carbocycles. The van der Waals surface area contributed by atoms with E-state index in [0.29, 0.717) is 12.2 Å². The van der Waals surface area contributed by atoms with Crippen LogP contribution in [0.2, 0.25) is 0 Å². The zero-order valence-electron chi connectivity index (χ0n) is 9.00. The Morgan fingerprint density at radius 2 is 2.21 bits per heavy atom. The first-order valence-electron chi connectivity index (χ1n) is 5.73. The lowest BCUT2D eigenvalue weighted by molar-refractivity contribution is -0.0867. The Labute approximate surface area is 85.9 Å². The molecule has 2 N–H and O–H groups in total. The van der Waals surface area contributed by atoms with Gasteiger partial charge in [0.25, 0.3) is 0 Å². The van der Waals surface area contributed by atoms with Crippen LogP contribution >= 0.6 is 0 Å². The van der Waals surface area contributed by atoms with Gasteiger partial charge in [0.1, 0.15) is 0 Å². The molecule has 2 saturated heterocycles. The van der Waals surface area contributed by atoms with Crippen molar-refractivity contribution in [2.75, 3.05) is 13.2 Å². The Kier molecular flexibility index (Phi) is 3.10. The van der Waals surface area contributed by atoms with Crippen LogP contribution in [0.5, 0.6) is 0 Å². The van der Waals surface area contributed by atoms with Gasteiger partial charge in [0, 0.05) is 6.61 Å². The van der Waals surface area contributed by atoms with Gasteiger partial charge in [-0.2, -0.15) is 0 Å². The SMILES string of the molecule is CC1(CCN)CCC(C2CCCO2)O1. The van der Waals surface area contributed by atoms with Crippen LogP contribution in [0.15, 0.2) is 0 Å². The molecular formula is C11H21NO2. The second-order valence-electron chi connectivity index (χ2n) is 4.74. The van der Waals surface area contributed by atoms with Crippen molar-refractivity contribution in [3.05, 3.63) is 0 Å². The molecule has 2 aliphatic heterocycles. The largest absolute Gasteiger partial charge is 0.376 e. The topological polar surface area (TPSA) is 44.5 Å². The molecule has 2 rings (SSSR count). The monoisotopic (exact) mass is 199 g/mol. The molecular weight excluding hydrogens is 178 g/mol. The van der Waals surface area contributed by atoms with E-state index in [4.69, 9.17) is 15.2 Å². The van der Waals surface area contributed by atoms with Gasteiger partial charge >= 0.3 is 0 Å². The van der Waals surface area contributed by atoms with Crippen molar-refractivity contribution in [1.82, 2.24) is 0 Å². The first kappa shape index (κ1) is 10.4. The van der Waals surface area contributed by atoms with Crippen LogP contribution in [0.3, 0.4) is 0 Å². The molecule has 2 fully saturated rings. The van der Waals surface area contributed by atoms with Crippen LogP contribution in [-0.4, -0.2) is 31.0 Å². The van der Waals surface area contributed by atoms with Gasteiger partial charge in [-0.1, -0.05) is 0 Å². The highest BCUT2D eigenvalue weighted by molar-refractivity contribution is 4.89. The van der Waals surface area contributed by atoms with Gasteiger partial charge in [0.15, 0.2) is 0 Å². The number of ether oxygens (including phenoxy) is 2. The predicted octanol–water partition coefficient (Wildman–Crippen LogP) is 1.45. The number of hydrogen-bond acceptors (Lipinski definition) is 3. The maximum absolute atomic E-state index is 6.07. The minimum Gasteiger partial charge on any atom is -0.376 e. The third-order valence-electron chi connectivity index (χ3n) is 3.45. The van der Waals surface area contributed by atoms with Crippen molar-refractivity contribution in [3.63, 3.8) is 0 Å². The highest BCUT2D eigenvalue weighted by Gasteiger charge is 2.40. The lowest BCUT2D eigenvalue weighted by Gasteiger charge is -2.26. The Bertz CT molecular complexity index is 192. The second kappa shape index (κ2) is 4.17. The molecule has 2 aliphatic rings. The third kappa shape index (κ3) is 2.10. The molecule has 0 saturated carbocycles. The molecule has 0 amide bonds. The Morgan fingerprint density at radius 3 is 2.86 bits per heavy atom. The van der Waals surface area contributed by atoms with Crippen LogP contribution in [-0.2, 0) is 9.47 Å². The highest BCUT2D eigenvalue weighted by Crippen LogP contribution is 2.36. The summed E-state index contributed by atoms with van der Waals surface area (Å²) < 4.78 is 11.7. The molecule has 3 heteroatoms. The molecule has 3 nitrogen and oxygen atoms in total. The number of hydrogen-bond donors (Lipinski definition) is 1. The van der Waals surface area contributed by atoms with E-state index in [1.54, 1.807) is 0 Å². The second-order valence-corrected chi connectivity index (χ2v) is 4.74. The summed E-state index contributed by atoms with van der Waals surface area (Å²) in [6.07, 6.45) is 6.29. The van der Waals surface area contributed by atoms with E-state index in [-0.39, 0.29) is 5.60 Å². The van der Waals surface area contributed by atoms with Gasteiger partial charge in [0.05, 0.1) is 17.8 Å². The molecule has 0 aromatic carbocycles. The molecule has 3 unspecified atom stereocenters. The molecule has 2 heterocycles. The quantitative estimate of drug-likeness (QED) is 0.748. The predicted molar refractivity (Wildman–Crippen MR) is 55.2 cm³/mol. The van der Waals surface area contributed by atoms with Crippen LogP contribution in [0, 0.1) is 0 Å². The van der Waals surface area contributed by atoms with Crippen molar-refractivity contribution in [2.24, 2.45) is 5.73 Å². The minimum absolute atomic E-state index is 0.0192. The lowest BCUT2D eigenvalue weighted by Crippen LogP contribution is -2.32. The third-order valence-corrected chi connectivity index (χ3v) is 3.45. The summed E-state index contributed by atoms with van der Waals surface area (Å²) in [4.78, 5) is 0. The summed E-state index contributed by atoms with van der Waals surface area (Å²) in [6.45, 7) is 3.81. The Balaban J connectivity index is 1.86. The van der Waals surface area contributed by atoms with Crippen molar-refractivity contribution in [3.8, 4) is 0 Å². The van der Waals surface area contributed by atoms with Gasteiger partial charge in [-0.25, -0.2) is 0 Å². The van der Waals surface area contributed by atoms with Crippen LogP contribution in [0.4, 0.5) is 0 Å². The average Bonchev–Trinajstić information content (AvgIpc) is 2.73. The Morgan fingerprint density at radius 1 is 1.36 bits per heavy atom. The zero-order valence-corrected chi connectivity index (χ0v) is 9.00. The summed E-state index contributed by atoms with van der Waals surface area (Å²) in [5, 5.41) is 0. The average molecular weight is 199 g/mol. The molecule has 0 radical (unpaired) electrons. The van der Waals surface area contributed by atoms with E-state index >= 15 is 0 Å². The van der Waals surface area contributed by atoms with Gasteiger partial charge < -0.3 is 15.2 Å². The maximum Gasteiger partial charge on any atom is 0.0845 e. The number of rotatable bonds is 3. The van der Waals surface area contributed by atoms with E-state index in [1.165, 1.54) is 12.8 Å². The fraction of sp³-hybridized carbons (Fsp3) is 1.00. The fourth-order valence-electron chi connectivity index (χ4n) is 2.58. The summed E-state index contributed by atoms with van der Waals surface area (Å²) >= 11 is 0. The van der Waals surface area contributed by atoms with Crippen LogP contribution in [0.1, 0.15) is 39.0 Å². The van der Waals surface area contributed by atoms with Crippen LogP contribution in [0.25, 0.3) is 0 Å². The number of nitrogens with two attached hydrogens (primary N) is 1. The van der Waals surface area contributed by atoms with E-state index in [1.807, 2.05) is 0 Å². The summed E-state index contributed by atoms with van der Waals surface area (Å²) in [5.41, 5.74) is 5.60. The summed E-state index contributed by atoms with van der Waals surface area (Å²) in [6, 6.07) is 0. The van der Waals surface area contributed by atoms with E-state index < -0.39 is 0 Å². The van der Waals surface area contributed by atoms with Crippen molar-refractivity contribution in [1.29, 1.82) is 0 Å². The van der Waals surface area contributed by atoms with Gasteiger partial charge in [-0.3, -0.25) is 0 Å². The zero-order chi connectivity index (χ0) is 10.0. The van der Waals surface area contributed by atoms with E-state index in [0.717, 1.165) is 32.4 Å². The maximum atomic E-state index is 6.07. The fourth-order valence-corrected chi connectivity index (χ4v) is 2.58. The molecule has 0 aromatic heterocycles. The molecule has 14 heavy (non-hydrogen) atoms. The Hall–Kier alpha value is -0.120. The van der Waals surface area contributed by atoms with Gasteiger partial charge in [-0.05, 0) is 45.6 Å². The first-order valence-corrected chi connectivity index (χ1v) is 5.73. The molecule has 82 valence electrons. The smallest absolute Gasteiger partial charge is 0.0845 e. The van der Waals surface area contributed by atoms with Crippen LogP contribution < -0.4 is 5.73 Å². The normalized spacial score (nSPS) is 43.3. The van der Waals surface area contributed by atoms with Crippen molar-refractivity contribution in [2.45, 2.75) is 56.8 Å². The van der Waals surface area contributed by atoms with E-state index in [2.05, 4.69) is 6.92 Å². The molecule has 0 spiro atoms. The van der Waals surface area contributed by atoms with Crippen molar-refractivity contribution >= 4 is 0 Å².